The number of nitrogens with two attached hydrogens (primary N) is 1. The van der Waals surface area contributed by atoms with Gasteiger partial charge >= 0.3 is 0 Å². The molecule has 0 amide bonds. The van der Waals surface area contributed by atoms with E-state index in [-0.39, 0.29) is 6.04 Å². The Balaban J connectivity index is 2.30. The van der Waals surface area contributed by atoms with E-state index in [1.54, 1.807) is 0 Å². The van der Waals surface area contributed by atoms with Crippen LogP contribution in [0, 0.1) is 0 Å². The van der Waals surface area contributed by atoms with Crippen LogP contribution < -0.4 is 10.5 Å². The Bertz CT molecular complexity index is 367. The summed E-state index contributed by atoms with van der Waals surface area (Å²) in [5, 5.41) is 0.637. The van der Waals surface area contributed by atoms with Crippen LogP contribution in [0.3, 0.4) is 0 Å². The van der Waals surface area contributed by atoms with E-state index >= 15 is 0 Å². The van der Waals surface area contributed by atoms with Crippen molar-refractivity contribution in [2.45, 2.75) is 37.3 Å². The number of ether oxygens (including phenoxy) is 1. The highest BCUT2D eigenvalue weighted by Gasteiger charge is 2.20. The molecule has 2 rings (SSSR count). The van der Waals surface area contributed by atoms with Gasteiger partial charge in [0.05, 0.1) is 6.61 Å². The molecule has 16 heavy (non-hydrogen) atoms. The zero-order chi connectivity index (χ0) is 11.5. The summed E-state index contributed by atoms with van der Waals surface area (Å²) in [6.07, 6.45) is 1.05. The second kappa shape index (κ2) is 5.11. The van der Waals surface area contributed by atoms with Crippen molar-refractivity contribution in [3.63, 3.8) is 0 Å². The van der Waals surface area contributed by atoms with Crippen molar-refractivity contribution in [2.24, 2.45) is 5.73 Å². The van der Waals surface area contributed by atoms with Gasteiger partial charge in [-0.1, -0.05) is 13.0 Å². The summed E-state index contributed by atoms with van der Waals surface area (Å²) in [5.41, 5.74) is 8.87. The van der Waals surface area contributed by atoms with E-state index < -0.39 is 0 Å². The first-order valence-corrected chi connectivity index (χ1v) is 6.88. The lowest BCUT2D eigenvalue weighted by atomic mass is 9.98. The maximum atomic E-state index is 6.23. The van der Waals surface area contributed by atoms with Crippen LogP contribution in [0.1, 0.15) is 37.4 Å². The Morgan fingerprint density at radius 3 is 3.06 bits per heavy atom. The molecule has 0 saturated carbocycles. The fraction of sp³-hybridized carbons (Fsp3) is 0.538. The number of hydrogen-bond acceptors (Lipinski definition) is 3. The van der Waals surface area contributed by atoms with Gasteiger partial charge in [-0.05, 0) is 36.6 Å². The van der Waals surface area contributed by atoms with E-state index in [4.69, 9.17) is 10.5 Å². The van der Waals surface area contributed by atoms with Gasteiger partial charge in [-0.3, -0.25) is 0 Å². The van der Waals surface area contributed by atoms with Gasteiger partial charge in [0.15, 0.2) is 0 Å². The molecule has 0 radical (unpaired) electrons. The minimum Gasteiger partial charge on any atom is -0.494 e. The van der Waals surface area contributed by atoms with E-state index in [0.717, 1.165) is 17.9 Å². The Kier molecular flexibility index (Phi) is 3.77. The lowest BCUT2D eigenvalue weighted by molar-refractivity contribution is 0.339. The van der Waals surface area contributed by atoms with E-state index in [2.05, 4.69) is 19.1 Å². The first-order valence-electron chi connectivity index (χ1n) is 5.83. The normalized spacial score (nSPS) is 24.7. The highest BCUT2D eigenvalue weighted by atomic mass is 32.2. The van der Waals surface area contributed by atoms with E-state index in [9.17, 15) is 0 Å². The molecule has 2 atom stereocenters. The van der Waals surface area contributed by atoms with Crippen LogP contribution in [0.4, 0.5) is 0 Å². The van der Waals surface area contributed by atoms with Gasteiger partial charge < -0.3 is 10.5 Å². The van der Waals surface area contributed by atoms with Crippen LogP contribution in [0.25, 0.3) is 0 Å². The summed E-state index contributed by atoms with van der Waals surface area (Å²) in [7, 11) is 0. The molecule has 0 fully saturated rings. The first-order chi connectivity index (χ1) is 7.70. The second-order valence-corrected chi connectivity index (χ2v) is 5.68. The third-order valence-corrected chi connectivity index (χ3v) is 4.18. The average Bonchev–Trinajstić information content (AvgIpc) is 2.40. The molecule has 88 valence electrons. The summed E-state index contributed by atoms with van der Waals surface area (Å²) in [4.78, 5) is 0. The van der Waals surface area contributed by atoms with Gasteiger partial charge in [-0.25, -0.2) is 0 Å². The van der Waals surface area contributed by atoms with Crippen LogP contribution in [0.2, 0.25) is 0 Å². The number of hydrogen-bond donors (Lipinski definition) is 1. The van der Waals surface area contributed by atoms with Gasteiger partial charge in [-0.15, -0.1) is 0 Å². The van der Waals surface area contributed by atoms with Crippen LogP contribution >= 0.6 is 11.8 Å². The Morgan fingerprint density at radius 1 is 1.50 bits per heavy atom. The number of fused-ring (bicyclic) bond motifs is 1. The number of thioether (sulfide) groups is 1. The van der Waals surface area contributed by atoms with Crippen molar-refractivity contribution in [1.82, 2.24) is 0 Å². The van der Waals surface area contributed by atoms with E-state index in [1.165, 1.54) is 11.1 Å². The molecule has 2 nitrogen and oxygen atoms in total. The Morgan fingerprint density at radius 2 is 2.31 bits per heavy atom. The minimum atomic E-state index is 0.153. The SMILES string of the molecule is CCOc1ccc2c(c1)[C@@H](N)CC(C)SC2. The molecule has 1 aromatic carbocycles. The van der Waals surface area contributed by atoms with Crippen molar-refractivity contribution in [2.75, 3.05) is 6.61 Å². The van der Waals surface area contributed by atoms with Crippen molar-refractivity contribution in [1.29, 1.82) is 0 Å². The molecular weight excluding hydrogens is 218 g/mol. The molecule has 1 aromatic rings. The number of benzene rings is 1. The molecule has 0 bridgehead atoms. The molecular formula is C13H19NOS. The van der Waals surface area contributed by atoms with E-state index in [0.29, 0.717) is 11.9 Å². The third kappa shape index (κ3) is 2.53. The predicted octanol–water partition coefficient (Wildman–Crippen LogP) is 3.11. The molecule has 0 aliphatic carbocycles. The smallest absolute Gasteiger partial charge is 0.119 e. The fourth-order valence-corrected chi connectivity index (χ4v) is 3.16. The van der Waals surface area contributed by atoms with Gasteiger partial charge in [0, 0.05) is 17.0 Å². The molecule has 0 spiro atoms. The molecule has 0 saturated heterocycles. The van der Waals surface area contributed by atoms with Gasteiger partial charge in [-0.2, -0.15) is 11.8 Å². The van der Waals surface area contributed by atoms with Gasteiger partial charge in [0.2, 0.25) is 0 Å². The topological polar surface area (TPSA) is 35.2 Å². The van der Waals surface area contributed by atoms with Crippen molar-refractivity contribution in [3.05, 3.63) is 29.3 Å². The summed E-state index contributed by atoms with van der Waals surface area (Å²) in [6, 6.07) is 6.47. The fourth-order valence-electron chi connectivity index (χ4n) is 2.09. The van der Waals surface area contributed by atoms with Gasteiger partial charge in [0.25, 0.3) is 0 Å². The summed E-state index contributed by atoms with van der Waals surface area (Å²) in [5.74, 6) is 2.01. The van der Waals surface area contributed by atoms with Crippen molar-refractivity contribution >= 4 is 11.8 Å². The lowest BCUT2D eigenvalue weighted by Crippen LogP contribution is -2.14. The van der Waals surface area contributed by atoms with Crippen LogP contribution in [0.15, 0.2) is 18.2 Å². The Labute approximate surface area is 102 Å². The average molecular weight is 237 g/mol. The predicted molar refractivity (Wildman–Crippen MR) is 69.9 cm³/mol. The van der Waals surface area contributed by atoms with Crippen LogP contribution in [0.5, 0.6) is 5.75 Å². The third-order valence-electron chi connectivity index (χ3n) is 2.94. The summed E-state index contributed by atoms with van der Waals surface area (Å²) >= 11 is 1.98. The largest absolute Gasteiger partial charge is 0.494 e. The molecule has 0 aromatic heterocycles. The zero-order valence-corrected chi connectivity index (χ0v) is 10.7. The van der Waals surface area contributed by atoms with Gasteiger partial charge in [0.1, 0.15) is 5.75 Å². The summed E-state index contributed by atoms with van der Waals surface area (Å²) < 4.78 is 5.53. The van der Waals surface area contributed by atoms with Crippen molar-refractivity contribution < 1.29 is 4.74 Å². The highest BCUT2D eigenvalue weighted by Crippen LogP contribution is 2.35. The molecule has 1 unspecified atom stereocenters. The Hall–Kier alpha value is -0.670. The number of rotatable bonds is 2. The summed E-state index contributed by atoms with van der Waals surface area (Å²) in [6.45, 7) is 4.96. The van der Waals surface area contributed by atoms with E-state index in [1.807, 2.05) is 24.8 Å². The first kappa shape index (κ1) is 11.8. The molecule has 1 aliphatic rings. The van der Waals surface area contributed by atoms with Crippen molar-refractivity contribution in [3.8, 4) is 5.75 Å². The molecule has 1 aliphatic heterocycles. The molecule has 1 heterocycles. The second-order valence-electron chi connectivity index (χ2n) is 4.26. The maximum absolute atomic E-state index is 6.23. The maximum Gasteiger partial charge on any atom is 0.119 e. The van der Waals surface area contributed by atoms with Crippen LogP contribution in [-0.4, -0.2) is 11.9 Å². The molecule has 3 heteroatoms. The quantitative estimate of drug-likeness (QED) is 0.858. The minimum absolute atomic E-state index is 0.153. The lowest BCUT2D eigenvalue weighted by Gasteiger charge is -2.15. The standard InChI is InChI=1S/C13H19NOS/c1-3-15-11-5-4-10-8-16-9(2)6-13(14)12(10)7-11/h4-5,7,9,13H,3,6,8,14H2,1-2H3/t9?,13-/m0/s1. The van der Waals surface area contributed by atoms with Crippen LogP contribution in [-0.2, 0) is 5.75 Å². The zero-order valence-electron chi connectivity index (χ0n) is 9.90. The monoisotopic (exact) mass is 237 g/mol. The molecule has 2 N–H and O–H groups in total. The highest BCUT2D eigenvalue weighted by molar-refractivity contribution is 7.99.